The van der Waals surface area contributed by atoms with Crippen molar-refractivity contribution in [3.05, 3.63) is 0 Å². The first kappa shape index (κ1) is 17.6. The number of rotatable bonds is 6. The molecular weight excluding hydrogens is 318 g/mol. The Morgan fingerprint density at radius 1 is 1.09 bits per heavy atom. The summed E-state index contributed by atoms with van der Waals surface area (Å²) in [7, 11) is -3.11. The smallest absolute Gasteiger partial charge is 0.214 e. The SMILES string of the molecule is CCS(=O)(=O)N1CC[C@@H]2O[C@H](COCC3CCOCC3)CC[C@@H]21. The highest BCUT2D eigenvalue weighted by molar-refractivity contribution is 7.89. The molecule has 0 aromatic rings. The third kappa shape index (κ3) is 4.25. The first-order valence-corrected chi connectivity index (χ1v) is 10.5. The Labute approximate surface area is 139 Å². The van der Waals surface area contributed by atoms with Crippen LogP contribution in [0.4, 0.5) is 0 Å². The lowest BCUT2D eigenvalue weighted by atomic mass is 10.00. The van der Waals surface area contributed by atoms with Gasteiger partial charge < -0.3 is 14.2 Å². The third-order valence-electron chi connectivity index (χ3n) is 5.30. The minimum absolute atomic E-state index is 0.0340. The molecule has 3 aliphatic rings. The van der Waals surface area contributed by atoms with E-state index in [9.17, 15) is 8.42 Å². The molecule has 3 atom stereocenters. The van der Waals surface area contributed by atoms with Gasteiger partial charge in [-0.3, -0.25) is 0 Å². The van der Waals surface area contributed by atoms with E-state index in [1.165, 1.54) is 0 Å². The molecule has 0 aliphatic carbocycles. The molecule has 0 saturated carbocycles. The van der Waals surface area contributed by atoms with Crippen molar-refractivity contribution < 1.29 is 22.6 Å². The van der Waals surface area contributed by atoms with E-state index < -0.39 is 10.0 Å². The Hall–Kier alpha value is -0.210. The largest absolute Gasteiger partial charge is 0.381 e. The minimum Gasteiger partial charge on any atom is -0.381 e. The second-order valence-corrected chi connectivity index (χ2v) is 9.04. The highest BCUT2D eigenvalue weighted by Gasteiger charge is 2.44. The number of fused-ring (bicyclic) bond motifs is 1. The molecule has 0 N–H and O–H groups in total. The summed E-state index contributed by atoms with van der Waals surface area (Å²) in [5, 5.41) is 0. The summed E-state index contributed by atoms with van der Waals surface area (Å²) in [6.45, 7) is 5.41. The van der Waals surface area contributed by atoms with Crippen LogP contribution in [0.1, 0.15) is 39.0 Å². The Kier molecular flexibility index (Phi) is 5.96. The van der Waals surface area contributed by atoms with E-state index in [2.05, 4.69) is 0 Å². The van der Waals surface area contributed by atoms with Crippen molar-refractivity contribution in [2.45, 2.75) is 57.3 Å². The summed E-state index contributed by atoms with van der Waals surface area (Å²) in [6, 6.07) is 0.0340. The van der Waals surface area contributed by atoms with Gasteiger partial charge in [-0.25, -0.2) is 8.42 Å². The van der Waals surface area contributed by atoms with Crippen molar-refractivity contribution in [2.75, 3.05) is 38.7 Å². The van der Waals surface area contributed by atoms with E-state index in [0.717, 1.165) is 51.9 Å². The molecular formula is C16H29NO5S. The van der Waals surface area contributed by atoms with Crippen LogP contribution in [-0.2, 0) is 24.2 Å². The van der Waals surface area contributed by atoms with Gasteiger partial charge in [-0.15, -0.1) is 0 Å². The Balaban J connectivity index is 1.42. The van der Waals surface area contributed by atoms with Gasteiger partial charge in [0, 0.05) is 26.4 Å². The van der Waals surface area contributed by atoms with E-state index in [1.807, 2.05) is 0 Å². The summed E-state index contributed by atoms with van der Waals surface area (Å²) in [6.07, 6.45) is 4.89. The molecule has 6 nitrogen and oxygen atoms in total. The molecule has 3 aliphatic heterocycles. The quantitative estimate of drug-likeness (QED) is 0.727. The van der Waals surface area contributed by atoms with Crippen LogP contribution >= 0.6 is 0 Å². The average molecular weight is 347 g/mol. The summed E-state index contributed by atoms with van der Waals surface area (Å²) >= 11 is 0. The molecule has 7 heteroatoms. The molecule has 0 unspecified atom stereocenters. The maximum absolute atomic E-state index is 12.1. The molecule has 0 radical (unpaired) electrons. The van der Waals surface area contributed by atoms with Gasteiger partial charge in [-0.2, -0.15) is 4.31 Å². The normalized spacial score (nSPS) is 33.7. The molecule has 3 saturated heterocycles. The zero-order chi connectivity index (χ0) is 16.3. The standard InChI is InChI=1S/C16H29NO5S/c1-2-23(18,19)17-8-5-16-15(17)4-3-14(22-16)12-21-11-13-6-9-20-10-7-13/h13-16H,2-12H2,1H3/t14-,15-,16-/m0/s1. The van der Waals surface area contributed by atoms with Crippen molar-refractivity contribution in [3.63, 3.8) is 0 Å². The predicted octanol–water partition coefficient (Wildman–Crippen LogP) is 1.40. The lowest BCUT2D eigenvalue weighted by molar-refractivity contribution is -0.0997. The van der Waals surface area contributed by atoms with E-state index in [1.54, 1.807) is 11.2 Å². The van der Waals surface area contributed by atoms with Crippen molar-refractivity contribution in [3.8, 4) is 0 Å². The van der Waals surface area contributed by atoms with Gasteiger partial charge in [0.05, 0.1) is 30.6 Å². The molecule has 0 aromatic heterocycles. The molecule has 0 aromatic carbocycles. The summed E-state index contributed by atoms with van der Waals surface area (Å²) in [4.78, 5) is 0. The number of sulfonamides is 1. The molecule has 0 spiro atoms. The highest BCUT2D eigenvalue weighted by atomic mass is 32.2. The Morgan fingerprint density at radius 2 is 1.87 bits per heavy atom. The van der Waals surface area contributed by atoms with Gasteiger partial charge in [0.25, 0.3) is 0 Å². The Bertz CT molecular complexity index is 477. The van der Waals surface area contributed by atoms with Gasteiger partial charge in [0.15, 0.2) is 0 Å². The van der Waals surface area contributed by atoms with Crippen molar-refractivity contribution in [1.82, 2.24) is 4.31 Å². The molecule has 23 heavy (non-hydrogen) atoms. The van der Waals surface area contributed by atoms with E-state index >= 15 is 0 Å². The van der Waals surface area contributed by atoms with Crippen molar-refractivity contribution in [2.24, 2.45) is 5.92 Å². The van der Waals surface area contributed by atoms with Crippen LogP contribution in [0.15, 0.2) is 0 Å². The van der Waals surface area contributed by atoms with Crippen LogP contribution in [0.25, 0.3) is 0 Å². The number of nitrogens with zero attached hydrogens (tertiary/aromatic N) is 1. The number of hydrogen-bond acceptors (Lipinski definition) is 5. The monoisotopic (exact) mass is 347 g/mol. The van der Waals surface area contributed by atoms with Gasteiger partial charge in [-0.05, 0) is 44.9 Å². The first-order chi connectivity index (χ1) is 11.1. The summed E-state index contributed by atoms with van der Waals surface area (Å²) in [5.74, 6) is 0.783. The average Bonchev–Trinajstić information content (AvgIpc) is 3.00. The van der Waals surface area contributed by atoms with Crippen LogP contribution in [0, 0.1) is 5.92 Å². The number of hydrogen-bond donors (Lipinski definition) is 0. The van der Waals surface area contributed by atoms with Crippen LogP contribution in [0.5, 0.6) is 0 Å². The topological polar surface area (TPSA) is 65.1 Å². The molecule has 3 rings (SSSR count). The molecule has 0 bridgehead atoms. The maximum atomic E-state index is 12.1. The van der Waals surface area contributed by atoms with Gasteiger partial charge in [0.1, 0.15) is 0 Å². The molecule has 3 fully saturated rings. The van der Waals surface area contributed by atoms with Crippen molar-refractivity contribution in [1.29, 1.82) is 0 Å². The van der Waals surface area contributed by atoms with Crippen LogP contribution in [0.3, 0.4) is 0 Å². The minimum atomic E-state index is -3.11. The zero-order valence-corrected chi connectivity index (χ0v) is 14.8. The lowest BCUT2D eigenvalue weighted by Gasteiger charge is -2.35. The molecule has 3 heterocycles. The van der Waals surface area contributed by atoms with E-state index in [0.29, 0.717) is 19.1 Å². The molecule has 0 amide bonds. The second kappa shape index (κ2) is 7.78. The fourth-order valence-corrected chi connectivity index (χ4v) is 5.24. The maximum Gasteiger partial charge on any atom is 0.214 e. The zero-order valence-electron chi connectivity index (χ0n) is 14.0. The molecule has 134 valence electrons. The summed E-state index contributed by atoms with van der Waals surface area (Å²) in [5.41, 5.74) is 0. The lowest BCUT2D eigenvalue weighted by Crippen LogP contribution is -2.46. The van der Waals surface area contributed by atoms with E-state index in [4.69, 9.17) is 14.2 Å². The predicted molar refractivity (Wildman–Crippen MR) is 86.8 cm³/mol. The number of ether oxygens (including phenoxy) is 3. The van der Waals surface area contributed by atoms with Crippen LogP contribution in [-0.4, -0.2) is 69.7 Å². The Morgan fingerprint density at radius 3 is 2.61 bits per heavy atom. The highest BCUT2D eigenvalue weighted by Crippen LogP contribution is 2.33. The van der Waals surface area contributed by atoms with Crippen LogP contribution in [0.2, 0.25) is 0 Å². The van der Waals surface area contributed by atoms with Gasteiger partial charge in [0.2, 0.25) is 10.0 Å². The van der Waals surface area contributed by atoms with Gasteiger partial charge >= 0.3 is 0 Å². The fraction of sp³-hybridized carbons (Fsp3) is 1.00. The third-order valence-corrected chi connectivity index (χ3v) is 7.20. The fourth-order valence-electron chi connectivity index (χ4n) is 3.87. The van der Waals surface area contributed by atoms with Gasteiger partial charge in [-0.1, -0.05) is 0 Å². The van der Waals surface area contributed by atoms with Crippen molar-refractivity contribution >= 4 is 10.0 Å². The summed E-state index contributed by atoms with van der Waals surface area (Å²) < 4.78 is 43.2. The van der Waals surface area contributed by atoms with E-state index in [-0.39, 0.29) is 24.0 Å². The first-order valence-electron chi connectivity index (χ1n) is 8.90. The second-order valence-electron chi connectivity index (χ2n) is 6.83. The van der Waals surface area contributed by atoms with Crippen LogP contribution < -0.4 is 0 Å².